The van der Waals surface area contributed by atoms with Gasteiger partial charge in [0, 0.05) is 6.54 Å². The SMILES string of the molecule is CCCn1nncc1C(O)CCCSC. The van der Waals surface area contributed by atoms with E-state index in [1.807, 2.05) is 0 Å². The van der Waals surface area contributed by atoms with Crippen molar-refractivity contribution in [3.05, 3.63) is 11.9 Å². The topological polar surface area (TPSA) is 50.9 Å². The van der Waals surface area contributed by atoms with Crippen molar-refractivity contribution < 1.29 is 5.11 Å². The maximum Gasteiger partial charge on any atom is 0.0973 e. The monoisotopic (exact) mass is 229 g/mol. The molecule has 5 heteroatoms. The van der Waals surface area contributed by atoms with E-state index in [4.69, 9.17) is 0 Å². The molecule has 0 bridgehead atoms. The van der Waals surface area contributed by atoms with Crippen molar-refractivity contribution >= 4 is 11.8 Å². The summed E-state index contributed by atoms with van der Waals surface area (Å²) in [5, 5.41) is 17.7. The molecule has 0 radical (unpaired) electrons. The fraction of sp³-hybridized carbons (Fsp3) is 0.800. The second-order valence-corrected chi connectivity index (χ2v) is 4.52. The molecule has 1 unspecified atom stereocenters. The first-order valence-corrected chi connectivity index (χ1v) is 6.74. The van der Waals surface area contributed by atoms with E-state index in [9.17, 15) is 5.11 Å². The van der Waals surface area contributed by atoms with E-state index < -0.39 is 6.10 Å². The number of aromatic nitrogens is 3. The maximum atomic E-state index is 9.93. The zero-order valence-corrected chi connectivity index (χ0v) is 10.2. The molecule has 0 amide bonds. The number of aliphatic hydroxyl groups excluding tert-OH is 1. The first-order valence-electron chi connectivity index (χ1n) is 5.35. The van der Waals surface area contributed by atoms with Gasteiger partial charge >= 0.3 is 0 Å². The molecular formula is C10H19N3OS. The van der Waals surface area contributed by atoms with Gasteiger partial charge in [-0.1, -0.05) is 12.1 Å². The predicted molar refractivity (Wildman–Crippen MR) is 62.9 cm³/mol. The molecule has 1 aromatic heterocycles. The van der Waals surface area contributed by atoms with Crippen LogP contribution >= 0.6 is 11.8 Å². The number of nitrogens with zero attached hydrogens (tertiary/aromatic N) is 3. The Morgan fingerprint density at radius 1 is 1.60 bits per heavy atom. The molecule has 0 aliphatic rings. The van der Waals surface area contributed by atoms with Crippen molar-refractivity contribution in [2.24, 2.45) is 0 Å². The Labute approximate surface area is 95.1 Å². The van der Waals surface area contributed by atoms with Gasteiger partial charge in [-0.25, -0.2) is 4.68 Å². The fourth-order valence-electron chi connectivity index (χ4n) is 1.48. The van der Waals surface area contributed by atoms with Crippen LogP contribution in [0.5, 0.6) is 0 Å². The lowest BCUT2D eigenvalue weighted by atomic mass is 10.1. The van der Waals surface area contributed by atoms with Crippen LogP contribution in [0.3, 0.4) is 0 Å². The number of aliphatic hydroxyl groups is 1. The average Bonchev–Trinajstić information content (AvgIpc) is 2.67. The van der Waals surface area contributed by atoms with E-state index in [-0.39, 0.29) is 0 Å². The van der Waals surface area contributed by atoms with E-state index >= 15 is 0 Å². The molecule has 0 fully saturated rings. The van der Waals surface area contributed by atoms with Gasteiger partial charge in [-0.2, -0.15) is 11.8 Å². The lowest BCUT2D eigenvalue weighted by molar-refractivity contribution is 0.155. The zero-order chi connectivity index (χ0) is 11.1. The van der Waals surface area contributed by atoms with Gasteiger partial charge in [-0.05, 0) is 31.3 Å². The highest BCUT2D eigenvalue weighted by molar-refractivity contribution is 7.98. The van der Waals surface area contributed by atoms with Crippen molar-refractivity contribution in [2.45, 2.75) is 38.8 Å². The van der Waals surface area contributed by atoms with Crippen LogP contribution < -0.4 is 0 Å². The van der Waals surface area contributed by atoms with Crippen LogP contribution in [0.25, 0.3) is 0 Å². The molecule has 0 aliphatic carbocycles. The molecule has 15 heavy (non-hydrogen) atoms. The summed E-state index contributed by atoms with van der Waals surface area (Å²) in [5.41, 5.74) is 0.845. The van der Waals surface area contributed by atoms with Crippen molar-refractivity contribution in [1.29, 1.82) is 0 Å². The van der Waals surface area contributed by atoms with E-state index in [1.165, 1.54) is 0 Å². The molecule has 1 N–H and O–H groups in total. The van der Waals surface area contributed by atoms with Gasteiger partial charge in [-0.3, -0.25) is 0 Å². The summed E-state index contributed by atoms with van der Waals surface area (Å²) in [6.45, 7) is 2.92. The van der Waals surface area contributed by atoms with Gasteiger partial charge in [0.05, 0.1) is 18.0 Å². The maximum absolute atomic E-state index is 9.93. The summed E-state index contributed by atoms with van der Waals surface area (Å²) in [6.07, 6.45) is 6.15. The normalized spacial score (nSPS) is 13.0. The molecule has 1 rings (SSSR count). The Kier molecular flexibility index (Phi) is 5.71. The molecule has 0 spiro atoms. The molecule has 0 saturated carbocycles. The molecule has 86 valence electrons. The Bertz CT molecular complexity index is 277. The molecule has 0 saturated heterocycles. The van der Waals surface area contributed by atoms with Crippen LogP contribution in [-0.4, -0.2) is 32.1 Å². The molecule has 4 nitrogen and oxygen atoms in total. The van der Waals surface area contributed by atoms with Crippen LogP contribution in [-0.2, 0) is 6.54 Å². The Morgan fingerprint density at radius 2 is 2.40 bits per heavy atom. The van der Waals surface area contributed by atoms with E-state index in [0.717, 1.165) is 37.3 Å². The highest BCUT2D eigenvalue weighted by Gasteiger charge is 2.12. The van der Waals surface area contributed by atoms with Crippen molar-refractivity contribution in [1.82, 2.24) is 15.0 Å². The molecule has 1 aromatic rings. The lowest BCUT2D eigenvalue weighted by Gasteiger charge is -2.11. The summed E-state index contributed by atoms with van der Waals surface area (Å²) in [7, 11) is 0. The van der Waals surface area contributed by atoms with E-state index in [1.54, 1.807) is 22.6 Å². The molecule has 0 aromatic carbocycles. The lowest BCUT2D eigenvalue weighted by Crippen LogP contribution is -2.09. The summed E-state index contributed by atoms with van der Waals surface area (Å²) in [6, 6.07) is 0. The first-order chi connectivity index (χ1) is 7.29. The fourth-order valence-corrected chi connectivity index (χ4v) is 1.93. The highest BCUT2D eigenvalue weighted by Crippen LogP contribution is 2.18. The summed E-state index contributed by atoms with van der Waals surface area (Å²) >= 11 is 1.81. The minimum absolute atomic E-state index is 0.418. The average molecular weight is 229 g/mol. The van der Waals surface area contributed by atoms with E-state index in [2.05, 4.69) is 23.5 Å². The van der Waals surface area contributed by atoms with Crippen LogP contribution in [0, 0.1) is 0 Å². The van der Waals surface area contributed by atoms with Crippen LogP contribution in [0.2, 0.25) is 0 Å². The third kappa shape index (κ3) is 3.83. The second kappa shape index (κ2) is 6.85. The van der Waals surface area contributed by atoms with Crippen molar-refractivity contribution in [3.63, 3.8) is 0 Å². The minimum atomic E-state index is -0.418. The quantitative estimate of drug-likeness (QED) is 0.725. The van der Waals surface area contributed by atoms with E-state index in [0.29, 0.717) is 0 Å². The largest absolute Gasteiger partial charge is 0.387 e. The van der Waals surface area contributed by atoms with Crippen molar-refractivity contribution in [3.8, 4) is 0 Å². The standard InChI is InChI=1S/C10H19N3OS/c1-3-6-13-9(8-11-12-13)10(14)5-4-7-15-2/h8,10,14H,3-7H2,1-2H3. The van der Waals surface area contributed by atoms with Crippen LogP contribution in [0.15, 0.2) is 6.20 Å². The van der Waals surface area contributed by atoms with Gasteiger partial charge in [-0.15, -0.1) is 5.10 Å². The molecule has 1 heterocycles. The van der Waals surface area contributed by atoms with Gasteiger partial charge < -0.3 is 5.11 Å². The zero-order valence-electron chi connectivity index (χ0n) is 9.39. The van der Waals surface area contributed by atoms with Gasteiger partial charge in [0.2, 0.25) is 0 Å². The predicted octanol–water partition coefficient (Wildman–Crippen LogP) is 1.86. The molecular weight excluding hydrogens is 210 g/mol. The van der Waals surface area contributed by atoms with Crippen molar-refractivity contribution in [2.75, 3.05) is 12.0 Å². The Balaban J connectivity index is 2.48. The summed E-state index contributed by atoms with van der Waals surface area (Å²) in [4.78, 5) is 0. The van der Waals surface area contributed by atoms with Gasteiger partial charge in [0.1, 0.15) is 0 Å². The number of hydrogen-bond donors (Lipinski definition) is 1. The third-order valence-corrected chi connectivity index (χ3v) is 2.95. The van der Waals surface area contributed by atoms with Crippen LogP contribution in [0.4, 0.5) is 0 Å². The smallest absolute Gasteiger partial charge is 0.0973 e. The Hall–Kier alpha value is -0.550. The third-order valence-electron chi connectivity index (χ3n) is 2.25. The minimum Gasteiger partial charge on any atom is -0.387 e. The number of aryl methyl sites for hydroxylation is 1. The second-order valence-electron chi connectivity index (χ2n) is 3.53. The summed E-state index contributed by atoms with van der Waals surface area (Å²) in [5.74, 6) is 1.09. The highest BCUT2D eigenvalue weighted by atomic mass is 32.2. The first kappa shape index (κ1) is 12.5. The Morgan fingerprint density at radius 3 is 3.07 bits per heavy atom. The molecule has 1 atom stereocenters. The number of rotatable bonds is 7. The molecule has 0 aliphatic heterocycles. The van der Waals surface area contributed by atoms with Gasteiger partial charge in [0.25, 0.3) is 0 Å². The summed E-state index contributed by atoms with van der Waals surface area (Å²) < 4.78 is 1.80. The van der Waals surface area contributed by atoms with Gasteiger partial charge in [0.15, 0.2) is 0 Å². The van der Waals surface area contributed by atoms with Crippen LogP contribution in [0.1, 0.15) is 38.0 Å². The number of hydrogen-bond acceptors (Lipinski definition) is 4. The number of thioether (sulfide) groups is 1.